The van der Waals surface area contributed by atoms with Crippen LogP contribution in [0.4, 0.5) is 10.1 Å². The predicted molar refractivity (Wildman–Crippen MR) is 62.2 cm³/mol. The number of hydrogen-bond donors (Lipinski definition) is 2. The maximum atomic E-state index is 13.1. The first kappa shape index (κ1) is 12.4. The maximum absolute atomic E-state index is 13.1. The number of carboxylic acids is 1. The van der Waals surface area contributed by atoms with Gasteiger partial charge in [0.05, 0.1) is 11.6 Å². The zero-order valence-electron chi connectivity index (χ0n) is 8.98. The molecule has 0 spiro atoms. The van der Waals surface area contributed by atoms with Gasteiger partial charge >= 0.3 is 5.97 Å². The van der Waals surface area contributed by atoms with Gasteiger partial charge in [-0.1, -0.05) is 16.8 Å². The van der Waals surface area contributed by atoms with E-state index in [-0.39, 0.29) is 17.3 Å². The summed E-state index contributed by atoms with van der Waals surface area (Å²) in [4.78, 5) is 10.6. The monoisotopic (exact) mass is 270 g/mol. The molecule has 0 saturated heterocycles. The number of nitrogens with one attached hydrogen (secondary N) is 1. The Labute approximate surface area is 106 Å². The molecule has 1 aromatic carbocycles. The number of anilines is 1. The van der Waals surface area contributed by atoms with Crippen LogP contribution in [-0.4, -0.2) is 16.2 Å². The van der Waals surface area contributed by atoms with E-state index in [1.165, 1.54) is 18.2 Å². The highest BCUT2D eigenvalue weighted by Crippen LogP contribution is 2.19. The molecule has 0 amide bonds. The van der Waals surface area contributed by atoms with Crippen molar-refractivity contribution < 1.29 is 18.8 Å². The van der Waals surface area contributed by atoms with Gasteiger partial charge in [-0.3, -0.25) is 0 Å². The molecule has 7 heteroatoms. The molecule has 0 unspecified atom stereocenters. The van der Waals surface area contributed by atoms with Gasteiger partial charge in [-0.05, 0) is 18.2 Å². The number of halogens is 2. The van der Waals surface area contributed by atoms with E-state index in [4.69, 9.17) is 21.2 Å². The number of nitrogens with zero attached hydrogens (tertiary/aromatic N) is 1. The van der Waals surface area contributed by atoms with Crippen LogP contribution >= 0.6 is 11.6 Å². The fourth-order valence-corrected chi connectivity index (χ4v) is 1.41. The topological polar surface area (TPSA) is 75.4 Å². The molecule has 0 atom stereocenters. The van der Waals surface area contributed by atoms with Crippen LogP contribution in [-0.2, 0) is 6.54 Å². The summed E-state index contributed by atoms with van der Waals surface area (Å²) in [6, 6.07) is 5.54. The third-order valence-electron chi connectivity index (χ3n) is 2.16. The zero-order valence-corrected chi connectivity index (χ0v) is 9.74. The van der Waals surface area contributed by atoms with Crippen molar-refractivity contribution in [3.63, 3.8) is 0 Å². The summed E-state index contributed by atoms with van der Waals surface area (Å²) in [6.07, 6.45) is 0. The third kappa shape index (κ3) is 2.78. The van der Waals surface area contributed by atoms with Gasteiger partial charge in [0, 0.05) is 11.8 Å². The van der Waals surface area contributed by atoms with Gasteiger partial charge in [-0.2, -0.15) is 0 Å². The van der Waals surface area contributed by atoms with Crippen LogP contribution in [0.1, 0.15) is 16.2 Å². The number of aromatic carboxylic acids is 1. The van der Waals surface area contributed by atoms with Gasteiger partial charge < -0.3 is 14.9 Å². The molecule has 0 fully saturated rings. The minimum Gasteiger partial charge on any atom is -0.476 e. The van der Waals surface area contributed by atoms with Gasteiger partial charge in [-0.25, -0.2) is 9.18 Å². The van der Waals surface area contributed by atoms with Gasteiger partial charge in [0.1, 0.15) is 5.82 Å². The summed E-state index contributed by atoms with van der Waals surface area (Å²) in [5.41, 5.74) is 0.333. The molecule has 0 aliphatic heterocycles. The van der Waals surface area contributed by atoms with E-state index in [9.17, 15) is 9.18 Å². The number of hydrogen-bond acceptors (Lipinski definition) is 4. The second-order valence-corrected chi connectivity index (χ2v) is 3.87. The van der Waals surface area contributed by atoms with Crippen LogP contribution in [0.25, 0.3) is 0 Å². The molecule has 94 valence electrons. The fourth-order valence-electron chi connectivity index (χ4n) is 1.29. The minimum absolute atomic E-state index is 0.0355. The van der Waals surface area contributed by atoms with E-state index in [0.717, 1.165) is 0 Å². The van der Waals surface area contributed by atoms with Crippen LogP contribution in [0.15, 0.2) is 28.8 Å². The number of carbonyl (C=O) groups is 1. The first-order valence-electron chi connectivity index (χ1n) is 4.94. The number of rotatable bonds is 4. The van der Waals surface area contributed by atoms with Crippen LogP contribution in [0.2, 0.25) is 5.02 Å². The Bertz CT molecular complexity index is 585. The lowest BCUT2D eigenvalue weighted by atomic mass is 10.3. The van der Waals surface area contributed by atoms with Gasteiger partial charge in [0.15, 0.2) is 11.5 Å². The van der Waals surface area contributed by atoms with Gasteiger partial charge in [-0.15, -0.1) is 0 Å². The maximum Gasteiger partial charge on any atom is 0.358 e. The zero-order chi connectivity index (χ0) is 13.1. The minimum atomic E-state index is -1.16. The van der Waals surface area contributed by atoms with Crippen LogP contribution < -0.4 is 5.32 Å². The van der Waals surface area contributed by atoms with Crippen molar-refractivity contribution in [2.45, 2.75) is 6.54 Å². The highest BCUT2D eigenvalue weighted by Gasteiger charge is 2.10. The second-order valence-electron chi connectivity index (χ2n) is 3.47. The molecule has 0 bridgehead atoms. The average Bonchev–Trinajstić information content (AvgIpc) is 2.79. The summed E-state index contributed by atoms with van der Waals surface area (Å²) in [6.45, 7) is 0.196. The van der Waals surface area contributed by atoms with Crippen LogP contribution in [0, 0.1) is 5.82 Å². The molecule has 2 rings (SSSR count). The summed E-state index contributed by atoms with van der Waals surface area (Å²) >= 11 is 5.54. The van der Waals surface area contributed by atoms with Crippen molar-refractivity contribution >= 4 is 23.3 Å². The molecule has 18 heavy (non-hydrogen) atoms. The van der Waals surface area contributed by atoms with E-state index in [1.54, 1.807) is 6.07 Å². The quantitative estimate of drug-likeness (QED) is 0.893. The molecule has 1 heterocycles. The van der Waals surface area contributed by atoms with Gasteiger partial charge in [0.2, 0.25) is 0 Å². The van der Waals surface area contributed by atoms with Gasteiger partial charge in [0.25, 0.3) is 0 Å². The van der Waals surface area contributed by atoms with Crippen molar-refractivity contribution in [1.82, 2.24) is 5.16 Å². The average molecular weight is 271 g/mol. The number of carboxylic acid groups (broad SMARTS) is 1. The lowest BCUT2D eigenvalue weighted by molar-refractivity contribution is 0.0685. The highest BCUT2D eigenvalue weighted by molar-refractivity contribution is 6.30. The number of benzene rings is 1. The SMILES string of the molecule is O=C(O)c1cc(CNc2ccc(Cl)c(F)c2)on1. The van der Waals surface area contributed by atoms with E-state index >= 15 is 0 Å². The Kier molecular flexibility index (Phi) is 3.47. The normalized spacial score (nSPS) is 10.3. The number of aromatic nitrogens is 1. The standard InChI is InChI=1S/C11H8ClFN2O3/c12-8-2-1-6(3-9(8)13)14-5-7-4-10(11(16)17)15-18-7/h1-4,14H,5H2,(H,16,17). The first-order valence-corrected chi connectivity index (χ1v) is 5.32. The van der Waals surface area contributed by atoms with Crippen molar-refractivity contribution in [2.75, 3.05) is 5.32 Å². The van der Waals surface area contributed by atoms with Crippen molar-refractivity contribution in [1.29, 1.82) is 0 Å². The molecule has 0 saturated carbocycles. The molecular weight excluding hydrogens is 263 g/mol. The van der Waals surface area contributed by atoms with E-state index in [1.807, 2.05) is 0 Å². The Morgan fingerprint density at radius 3 is 2.89 bits per heavy atom. The molecule has 5 nitrogen and oxygen atoms in total. The third-order valence-corrected chi connectivity index (χ3v) is 2.47. The molecule has 0 aliphatic rings. The van der Waals surface area contributed by atoms with E-state index in [2.05, 4.69) is 10.5 Å². The van der Waals surface area contributed by atoms with E-state index < -0.39 is 11.8 Å². The highest BCUT2D eigenvalue weighted by atomic mass is 35.5. The summed E-state index contributed by atoms with van der Waals surface area (Å²) in [5.74, 6) is -1.37. The second kappa shape index (κ2) is 5.05. The summed E-state index contributed by atoms with van der Waals surface area (Å²) < 4.78 is 17.9. The fraction of sp³-hybridized carbons (Fsp3) is 0.0909. The largest absolute Gasteiger partial charge is 0.476 e. The Morgan fingerprint density at radius 1 is 1.50 bits per heavy atom. The first-order chi connectivity index (χ1) is 8.56. The van der Waals surface area contributed by atoms with Crippen LogP contribution in [0.3, 0.4) is 0 Å². The smallest absolute Gasteiger partial charge is 0.358 e. The summed E-state index contributed by atoms with van der Waals surface area (Å²) in [7, 11) is 0. The van der Waals surface area contributed by atoms with Crippen molar-refractivity contribution in [3.05, 3.63) is 46.6 Å². The molecule has 2 N–H and O–H groups in total. The molecule has 0 aliphatic carbocycles. The van der Waals surface area contributed by atoms with Crippen molar-refractivity contribution in [3.8, 4) is 0 Å². The van der Waals surface area contributed by atoms with Crippen molar-refractivity contribution in [2.24, 2.45) is 0 Å². The van der Waals surface area contributed by atoms with E-state index in [0.29, 0.717) is 11.4 Å². The lowest BCUT2D eigenvalue weighted by Gasteiger charge is -2.04. The molecular formula is C11H8ClFN2O3. The molecule has 2 aromatic rings. The molecule has 0 radical (unpaired) electrons. The predicted octanol–water partition coefficient (Wildman–Crippen LogP) is 2.78. The Morgan fingerprint density at radius 2 is 2.28 bits per heavy atom. The van der Waals surface area contributed by atoms with Crippen LogP contribution in [0.5, 0.6) is 0 Å². The lowest BCUT2D eigenvalue weighted by Crippen LogP contribution is -1.99. The molecule has 1 aromatic heterocycles. The summed E-state index contributed by atoms with van der Waals surface area (Å²) in [5, 5.41) is 14.9. The Hall–Kier alpha value is -2.08. The Balaban J connectivity index is 2.02.